The van der Waals surface area contributed by atoms with Gasteiger partial charge in [-0.2, -0.15) is 11.8 Å². The second kappa shape index (κ2) is 11.2. The fourth-order valence-corrected chi connectivity index (χ4v) is 3.50. The number of benzene rings is 1. The van der Waals surface area contributed by atoms with Crippen molar-refractivity contribution in [3.05, 3.63) is 35.9 Å². The lowest BCUT2D eigenvalue weighted by molar-refractivity contribution is -0.123. The molecule has 1 saturated heterocycles. The number of carbonyl (C=O) groups excluding carboxylic acids is 2. The smallest absolute Gasteiger partial charge is 0.251 e. The second-order valence-electron chi connectivity index (χ2n) is 6.47. The Bertz CT molecular complexity index is 533. The van der Waals surface area contributed by atoms with Crippen molar-refractivity contribution in [2.75, 3.05) is 31.6 Å². The fraction of sp³-hybridized carbons (Fsp3) is 0.579. The van der Waals surface area contributed by atoms with Crippen LogP contribution in [0.25, 0.3) is 0 Å². The molecule has 1 aliphatic heterocycles. The van der Waals surface area contributed by atoms with Gasteiger partial charge in [-0.25, -0.2) is 0 Å². The molecule has 0 aromatic heterocycles. The molecule has 0 saturated carbocycles. The third-order valence-electron chi connectivity index (χ3n) is 4.52. The number of piperidine rings is 1. The van der Waals surface area contributed by atoms with Gasteiger partial charge in [-0.05, 0) is 68.8 Å². The van der Waals surface area contributed by atoms with Crippen LogP contribution in [0.2, 0.25) is 0 Å². The van der Waals surface area contributed by atoms with Gasteiger partial charge < -0.3 is 16.0 Å². The first kappa shape index (κ1) is 19.8. The highest BCUT2D eigenvalue weighted by molar-refractivity contribution is 7.98. The van der Waals surface area contributed by atoms with Crippen molar-refractivity contribution in [3.8, 4) is 0 Å². The van der Waals surface area contributed by atoms with Crippen molar-refractivity contribution in [2.45, 2.75) is 31.7 Å². The molecule has 1 aromatic carbocycles. The summed E-state index contributed by atoms with van der Waals surface area (Å²) in [6, 6.07) is 8.55. The third-order valence-corrected chi connectivity index (χ3v) is 5.16. The molecular weight excluding hydrogens is 334 g/mol. The standard InChI is InChI=1S/C19H29N3O2S/c1-25-13-10-17(22-18(23)16-7-3-2-4-8-16)19(24)21-12-9-15-6-5-11-20-14-15/h2-4,7-8,15,17,20H,5-6,9-14H2,1H3,(H,21,24)(H,22,23). The van der Waals surface area contributed by atoms with Gasteiger partial charge in [0.1, 0.15) is 6.04 Å². The van der Waals surface area contributed by atoms with E-state index in [0.29, 0.717) is 24.4 Å². The SMILES string of the molecule is CSCCC(NC(=O)c1ccccc1)C(=O)NCCC1CCCNC1. The van der Waals surface area contributed by atoms with Crippen molar-refractivity contribution in [3.63, 3.8) is 0 Å². The molecule has 2 rings (SSSR count). The van der Waals surface area contributed by atoms with Crippen molar-refractivity contribution >= 4 is 23.6 Å². The Morgan fingerprint density at radius 1 is 1.32 bits per heavy atom. The van der Waals surface area contributed by atoms with E-state index in [-0.39, 0.29) is 11.8 Å². The summed E-state index contributed by atoms with van der Waals surface area (Å²) >= 11 is 1.68. The molecule has 138 valence electrons. The van der Waals surface area contributed by atoms with Gasteiger partial charge >= 0.3 is 0 Å². The van der Waals surface area contributed by atoms with E-state index in [4.69, 9.17) is 0 Å². The lowest BCUT2D eigenvalue weighted by Crippen LogP contribution is -2.47. The Labute approximate surface area is 154 Å². The zero-order chi connectivity index (χ0) is 17.9. The van der Waals surface area contributed by atoms with Crippen molar-refractivity contribution in [2.24, 2.45) is 5.92 Å². The zero-order valence-electron chi connectivity index (χ0n) is 14.9. The van der Waals surface area contributed by atoms with Crippen LogP contribution in [0.3, 0.4) is 0 Å². The van der Waals surface area contributed by atoms with Gasteiger partial charge in [-0.15, -0.1) is 0 Å². The largest absolute Gasteiger partial charge is 0.354 e. The predicted molar refractivity (Wildman–Crippen MR) is 104 cm³/mol. The van der Waals surface area contributed by atoms with E-state index in [9.17, 15) is 9.59 Å². The van der Waals surface area contributed by atoms with Crippen molar-refractivity contribution in [1.29, 1.82) is 0 Å². The molecule has 1 heterocycles. The van der Waals surface area contributed by atoms with Gasteiger partial charge in [0.25, 0.3) is 5.91 Å². The summed E-state index contributed by atoms with van der Waals surface area (Å²) in [5.41, 5.74) is 0.581. The van der Waals surface area contributed by atoms with Crippen LogP contribution in [-0.2, 0) is 4.79 Å². The fourth-order valence-electron chi connectivity index (χ4n) is 3.03. The van der Waals surface area contributed by atoms with E-state index in [2.05, 4.69) is 16.0 Å². The predicted octanol–water partition coefficient (Wildman–Crippen LogP) is 2.04. The lowest BCUT2D eigenvalue weighted by Gasteiger charge is -2.23. The maximum absolute atomic E-state index is 12.5. The van der Waals surface area contributed by atoms with Gasteiger partial charge in [-0.1, -0.05) is 18.2 Å². The summed E-state index contributed by atoms with van der Waals surface area (Å²) in [4.78, 5) is 24.8. The number of nitrogens with one attached hydrogen (secondary N) is 3. The normalized spacial score (nSPS) is 18.4. The molecule has 3 N–H and O–H groups in total. The highest BCUT2D eigenvalue weighted by Gasteiger charge is 2.21. The van der Waals surface area contributed by atoms with Crippen LogP contribution in [0.1, 0.15) is 36.0 Å². The monoisotopic (exact) mass is 363 g/mol. The minimum Gasteiger partial charge on any atom is -0.354 e. The van der Waals surface area contributed by atoms with Crippen LogP contribution >= 0.6 is 11.8 Å². The molecule has 1 aromatic rings. The lowest BCUT2D eigenvalue weighted by atomic mass is 9.96. The Morgan fingerprint density at radius 3 is 2.80 bits per heavy atom. The number of amides is 2. The van der Waals surface area contributed by atoms with Gasteiger partial charge in [0.15, 0.2) is 0 Å². The van der Waals surface area contributed by atoms with Crippen molar-refractivity contribution in [1.82, 2.24) is 16.0 Å². The Balaban J connectivity index is 1.82. The van der Waals surface area contributed by atoms with Crippen molar-refractivity contribution < 1.29 is 9.59 Å². The molecule has 5 nitrogen and oxygen atoms in total. The maximum Gasteiger partial charge on any atom is 0.251 e. The van der Waals surface area contributed by atoms with E-state index in [1.54, 1.807) is 23.9 Å². The minimum atomic E-state index is -0.482. The number of carbonyl (C=O) groups is 2. The number of hydrogen-bond acceptors (Lipinski definition) is 4. The van der Waals surface area contributed by atoms with Crippen LogP contribution in [0.5, 0.6) is 0 Å². The first-order valence-electron chi connectivity index (χ1n) is 9.04. The second-order valence-corrected chi connectivity index (χ2v) is 7.45. The average molecular weight is 364 g/mol. The summed E-state index contributed by atoms with van der Waals surface area (Å²) in [7, 11) is 0. The molecule has 6 heteroatoms. The maximum atomic E-state index is 12.5. The topological polar surface area (TPSA) is 70.2 Å². The van der Waals surface area contributed by atoms with E-state index in [0.717, 1.165) is 25.3 Å². The van der Waals surface area contributed by atoms with Gasteiger partial charge in [-0.3, -0.25) is 9.59 Å². The molecule has 0 aliphatic carbocycles. The molecule has 25 heavy (non-hydrogen) atoms. The molecule has 2 unspecified atom stereocenters. The van der Waals surface area contributed by atoms with E-state index >= 15 is 0 Å². The van der Waals surface area contributed by atoms with Gasteiger partial charge in [0.2, 0.25) is 5.91 Å². The third kappa shape index (κ3) is 7.08. The molecule has 1 aliphatic rings. The molecule has 1 fully saturated rings. The number of rotatable bonds is 9. The van der Waals surface area contributed by atoms with E-state index in [1.807, 2.05) is 24.5 Å². The molecule has 0 bridgehead atoms. The Hall–Kier alpha value is -1.53. The first-order valence-corrected chi connectivity index (χ1v) is 10.4. The average Bonchev–Trinajstić information content (AvgIpc) is 2.66. The minimum absolute atomic E-state index is 0.0814. The molecule has 0 spiro atoms. The summed E-state index contributed by atoms with van der Waals surface area (Å²) in [6.07, 6.45) is 6.06. The van der Waals surface area contributed by atoms with Crippen LogP contribution in [0.15, 0.2) is 30.3 Å². The van der Waals surface area contributed by atoms with Gasteiger partial charge in [0, 0.05) is 12.1 Å². The van der Waals surface area contributed by atoms with Crippen LogP contribution in [0.4, 0.5) is 0 Å². The Morgan fingerprint density at radius 2 is 2.12 bits per heavy atom. The summed E-state index contributed by atoms with van der Waals surface area (Å²) < 4.78 is 0. The van der Waals surface area contributed by atoms with E-state index in [1.165, 1.54) is 12.8 Å². The summed E-state index contributed by atoms with van der Waals surface area (Å²) in [6.45, 7) is 2.81. The Kier molecular flexibility index (Phi) is 8.83. The molecular formula is C19H29N3O2S. The zero-order valence-corrected chi connectivity index (χ0v) is 15.7. The van der Waals surface area contributed by atoms with Gasteiger partial charge in [0.05, 0.1) is 0 Å². The number of hydrogen-bond donors (Lipinski definition) is 3. The van der Waals surface area contributed by atoms with Crippen LogP contribution in [0, 0.1) is 5.92 Å². The molecule has 2 atom stereocenters. The summed E-state index contributed by atoms with van der Waals surface area (Å²) in [5, 5.41) is 9.28. The molecule has 2 amide bonds. The highest BCUT2D eigenvalue weighted by Crippen LogP contribution is 2.13. The van der Waals surface area contributed by atoms with Crippen LogP contribution < -0.4 is 16.0 Å². The van der Waals surface area contributed by atoms with E-state index < -0.39 is 6.04 Å². The summed E-state index contributed by atoms with van der Waals surface area (Å²) in [5.74, 6) is 1.19. The quantitative estimate of drug-likeness (QED) is 0.628. The highest BCUT2D eigenvalue weighted by atomic mass is 32.2. The molecule has 0 radical (unpaired) electrons. The number of thioether (sulfide) groups is 1. The first-order chi connectivity index (χ1) is 12.2. The van der Waals surface area contributed by atoms with Crippen LogP contribution in [-0.4, -0.2) is 49.5 Å².